The third-order valence-electron chi connectivity index (χ3n) is 5.15. The number of carbonyl (C=O) groups excluding carboxylic acids is 1. The summed E-state index contributed by atoms with van der Waals surface area (Å²) in [6, 6.07) is 14.1. The third-order valence-corrected chi connectivity index (χ3v) is 7.10. The van der Waals surface area contributed by atoms with E-state index in [1.54, 1.807) is 42.7 Å². The fraction of sp³-hybridized carbons (Fsp3) is 0.304. The quantitative estimate of drug-likeness (QED) is 0.449. The first-order valence-corrected chi connectivity index (χ1v) is 11.6. The number of aromatic nitrogens is 1. The zero-order chi connectivity index (χ0) is 22.3. The number of carbonyl (C=O) groups is 1. The minimum atomic E-state index is -3.73. The van der Waals surface area contributed by atoms with Gasteiger partial charge in [0.2, 0.25) is 10.0 Å². The summed E-state index contributed by atoms with van der Waals surface area (Å²) in [7, 11) is -2.38. The Balaban J connectivity index is 0.00000363. The molecule has 3 rings (SSSR count). The molecule has 1 heterocycles. The molecule has 0 atom stereocenters. The lowest BCUT2D eigenvalue weighted by Crippen LogP contribution is -2.34. The van der Waals surface area contributed by atoms with Crippen molar-refractivity contribution in [2.75, 3.05) is 26.7 Å². The van der Waals surface area contributed by atoms with Crippen molar-refractivity contribution in [3.63, 3.8) is 0 Å². The van der Waals surface area contributed by atoms with Crippen LogP contribution >= 0.6 is 12.4 Å². The number of hydrogen-bond acceptors (Lipinski definition) is 6. The van der Waals surface area contributed by atoms with E-state index in [-0.39, 0.29) is 17.3 Å². The van der Waals surface area contributed by atoms with Crippen LogP contribution in [0, 0.1) is 0 Å². The Labute approximate surface area is 195 Å². The van der Waals surface area contributed by atoms with E-state index in [9.17, 15) is 13.2 Å². The second-order valence-corrected chi connectivity index (χ2v) is 9.06. The maximum atomic E-state index is 13.5. The molecule has 2 aromatic carbocycles. The highest BCUT2D eigenvalue weighted by molar-refractivity contribution is 7.89. The lowest BCUT2D eigenvalue weighted by Gasteiger charge is -2.23. The van der Waals surface area contributed by atoms with E-state index in [4.69, 9.17) is 10.5 Å². The molecular weight excluding hydrogens is 450 g/mol. The molecule has 0 saturated carbocycles. The number of nitrogens with zero attached hydrogens (tertiary/aromatic N) is 2. The number of methoxy groups -OCH3 is 1. The normalized spacial score (nSPS) is 11.3. The minimum Gasteiger partial charge on any atom is -0.465 e. The lowest BCUT2D eigenvalue weighted by atomic mass is 10.0. The Morgan fingerprint density at radius 2 is 1.81 bits per heavy atom. The first kappa shape index (κ1) is 25.7. The van der Waals surface area contributed by atoms with Gasteiger partial charge in [-0.15, -0.1) is 12.4 Å². The number of pyridine rings is 1. The van der Waals surface area contributed by atoms with Gasteiger partial charge in [-0.05, 0) is 49.6 Å². The number of hydrogen-bond donors (Lipinski definition) is 1. The van der Waals surface area contributed by atoms with Crippen LogP contribution in [-0.2, 0) is 21.2 Å². The molecule has 1 aromatic heterocycles. The van der Waals surface area contributed by atoms with Crippen LogP contribution in [-0.4, -0.2) is 50.4 Å². The number of fused-ring (bicyclic) bond motifs is 1. The molecule has 0 unspecified atom stereocenters. The van der Waals surface area contributed by atoms with Gasteiger partial charge in [0.1, 0.15) is 0 Å². The number of ether oxygens (including phenoxy) is 1. The monoisotopic (exact) mass is 477 g/mol. The number of halogens is 1. The zero-order valence-electron chi connectivity index (χ0n) is 17.9. The molecule has 0 fully saturated rings. The molecule has 32 heavy (non-hydrogen) atoms. The van der Waals surface area contributed by atoms with Crippen molar-refractivity contribution >= 4 is 39.2 Å². The Bertz CT molecular complexity index is 1150. The minimum absolute atomic E-state index is 0. The molecule has 9 heteroatoms. The highest BCUT2D eigenvalue weighted by atomic mass is 35.5. The van der Waals surface area contributed by atoms with Gasteiger partial charge in [-0.25, -0.2) is 13.2 Å². The van der Waals surface area contributed by atoms with Crippen molar-refractivity contribution in [2.45, 2.75) is 24.2 Å². The summed E-state index contributed by atoms with van der Waals surface area (Å²) in [5.41, 5.74) is 6.99. The van der Waals surface area contributed by atoms with Crippen molar-refractivity contribution in [2.24, 2.45) is 5.73 Å². The van der Waals surface area contributed by atoms with E-state index in [1.165, 1.54) is 11.4 Å². The molecular formula is C23H28ClN3O4S. The number of benzene rings is 2. The Kier molecular flexibility index (Phi) is 9.59. The molecule has 7 nitrogen and oxygen atoms in total. The lowest BCUT2D eigenvalue weighted by molar-refractivity contribution is 0.0599. The van der Waals surface area contributed by atoms with Gasteiger partial charge in [0, 0.05) is 36.3 Å². The smallest absolute Gasteiger partial charge is 0.338 e. The van der Waals surface area contributed by atoms with Crippen molar-refractivity contribution in [3.8, 4) is 0 Å². The fourth-order valence-electron chi connectivity index (χ4n) is 3.57. The van der Waals surface area contributed by atoms with Crippen molar-refractivity contribution in [1.29, 1.82) is 0 Å². The molecule has 172 valence electrons. The first-order valence-electron chi connectivity index (χ1n) is 10.2. The zero-order valence-corrected chi connectivity index (χ0v) is 19.6. The molecule has 0 bridgehead atoms. The van der Waals surface area contributed by atoms with Gasteiger partial charge in [-0.1, -0.05) is 30.3 Å². The van der Waals surface area contributed by atoms with Gasteiger partial charge in [-0.3, -0.25) is 4.98 Å². The summed E-state index contributed by atoms with van der Waals surface area (Å²) >= 11 is 0. The predicted octanol–water partition coefficient (Wildman–Crippen LogP) is 3.42. The second kappa shape index (κ2) is 11.9. The Hall–Kier alpha value is -2.52. The molecule has 3 aromatic rings. The van der Waals surface area contributed by atoms with Crippen LogP contribution in [0.5, 0.6) is 0 Å². The molecule has 0 aliphatic heterocycles. The predicted molar refractivity (Wildman–Crippen MR) is 128 cm³/mol. The van der Waals surface area contributed by atoms with Crippen LogP contribution in [0.2, 0.25) is 0 Å². The van der Waals surface area contributed by atoms with E-state index in [0.717, 1.165) is 10.9 Å². The van der Waals surface area contributed by atoms with Gasteiger partial charge in [0.25, 0.3) is 0 Å². The van der Waals surface area contributed by atoms with E-state index >= 15 is 0 Å². The van der Waals surface area contributed by atoms with E-state index < -0.39 is 16.0 Å². The average Bonchev–Trinajstić information content (AvgIpc) is 2.80. The van der Waals surface area contributed by atoms with Gasteiger partial charge >= 0.3 is 5.97 Å². The average molecular weight is 478 g/mol. The van der Waals surface area contributed by atoms with E-state index in [0.29, 0.717) is 49.8 Å². The van der Waals surface area contributed by atoms with Crippen LogP contribution in [0.15, 0.2) is 65.8 Å². The van der Waals surface area contributed by atoms with Crippen LogP contribution < -0.4 is 5.73 Å². The number of rotatable bonds is 10. The summed E-state index contributed by atoms with van der Waals surface area (Å²) in [6.07, 6.45) is 4.92. The highest BCUT2D eigenvalue weighted by Gasteiger charge is 2.25. The van der Waals surface area contributed by atoms with Crippen LogP contribution in [0.1, 0.15) is 28.8 Å². The van der Waals surface area contributed by atoms with Gasteiger partial charge in [0.15, 0.2) is 0 Å². The van der Waals surface area contributed by atoms with Crippen LogP contribution in [0.3, 0.4) is 0 Å². The first-order chi connectivity index (χ1) is 15.0. The fourth-order valence-corrected chi connectivity index (χ4v) is 5.30. The molecule has 0 saturated heterocycles. The Morgan fingerprint density at radius 1 is 1.06 bits per heavy atom. The van der Waals surface area contributed by atoms with E-state index in [1.807, 2.05) is 18.2 Å². The molecule has 2 N–H and O–H groups in total. The maximum Gasteiger partial charge on any atom is 0.338 e. The standard InChI is InChI=1S/C23H27N3O4S.ClH/c1-30-23(27)21-10-3-2-7-18(21)9-5-15-26(16-6-13-24)31(28,29)22-11-4-8-19-17-25-14-12-20(19)22;/h2-4,7-8,10-12,14,17H,5-6,9,13,15-16,24H2,1H3;1H. The largest absolute Gasteiger partial charge is 0.465 e. The van der Waals surface area contributed by atoms with Gasteiger partial charge in [0.05, 0.1) is 17.6 Å². The maximum absolute atomic E-state index is 13.5. The third kappa shape index (κ3) is 5.83. The highest BCUT2D eigenvalue weighted by Crippen LogP contribution is 2.26. The van der Waals surface area contributed by atoms with Crippen molar-refractivity contribution in [3.05, 3.63) is 72.1 Å². The molecule has 0 amide bonds. The molecule has 0 radical (unpaired) electrons. The SMILES string of the molecule is COC(=O)c1ccccc1CCCN(CCCN)S(=O)(=O)c1cccc2cnccc12.Cl. The summed E-state index contributed by atoms with van der Waals surface area (Å²) in [4.78, 5) is 16.3. The number of aryl methyl sites for hydroxylation is 1. The topological polar surface area (TPSA) is 103 Å². The van der Waals surface area contributed by atoms with E-state index in [2.05, 4.69) is 4.98 Å². The number of nitrogens with two attached hydrogens (primary N) is 1. The van der Waals surface area contributed by atoms with Crippen molar-refractivity contribution in [1.82, 2.24) is 9.29 Å². The molecule has 0 aliphatic rings. The summed E-state index contributed by atoms with van der Waals surface area (Å²) in [6.45, 7) is 1.05. The van der Waals surface area contributed by atoms with Gasteiger partial charge < -0.3 is 10.5 Å². The van der Waals surface area contributed by atoms with Gasteiger partial charge in [-0.2, -0.15) is 4.31 Å². The summed E-state index contributed by atoms with van der Waals surface area (Å²) < 4.78 is 33.3. The molecule has 0 spiro atoms. The summed E-state index contributed by atoms with van der Waals surface area (Å²) in [5, 5.41) is 1.42. The number of sulfonamides is 1. The summed E-state index contributed by atoms with van der Waals surface area (Å²) in [5.74, 6) is -0.396. The Morgan fingerprint density at radius 3 is 2.56 bits per heavy atom. The number of esters is 1. The second-order valence-electron chi connectivity index (χ2n) is 7.15. The van der Waals surface area contributed by atoms with Crippen molar-refractivity contribution < 1.29 is 17.9 Å². The van der Waals surface area contributed by atoms with Crippen LogP contribution in [0.4, 0.5) is 0 Å². The molecule has 0 aliphatic carbocycles. The van der Waals surface area contributed by atoms with Crippen LogP contribution in [0.25, 0.3) is 10.8 Å².